The van der Waals surface area contributed by atoms with E-state index in [0.29, 0.717) is 0 Å². The van der Waals surface area contributed by atoms with E-state index in [0.717, 1.165) is 11.4 Å². The highest BCUT2D eigenvalue weighted by atomic mass is 32.1. The Morgan fingerprint density at radius 3 is 1.81 bits per heavy atom. The minimum atomic E-state index is -0.0718. The van der Waals surface area contributed by atoms with Gasteiger partial charge in [-0.25, -0.2) is 0 Å². The van der Waals surface area contributed by atoms with E-state index in [1.807, 2.05) is 11.3 Å². The molecule has 2 heteroatoms. The van der Waals surface area contributed by atoms with E-state index < -0.39 is 0 Å². The molecule has 0 bridgehead atoms. The van der Waals surface area contributed by atoms with Gasteiger partial charge >= 0.3 is 0 Å². The highest BCUT2D eigenvalue weighted by molar-refractivity contribution is 7.26. The maximum absolute atomic E-state index is 2.52. The maximum atomic E-state index is 2.52. The number of anilines is 3. The molecule has 0 saturated carbocycles. The zero-order chi connectivity index (χ0) is 31.5. The summed E-state index contributed by atoms with van der Waals surface area (Å²) in [5.41, 5.74) is 13.8. The molecule has 0 aliphatic heterocycles. The van der Waals surface area contributed by atoms with Crippen LogP contribution in [0.2, 0.25) is 0 Å². The van der Waals surface area contributed by atoms with Gasteiger partial charge in [0, 0.05) is 36.7 Å². The molecule has 1 aromatic heterocycles. The van der Waals surface area contributed by atoms with E-state index in [1.54, 1.807) is 0 Å². The van der Waals surface area contributed by atoms with Gasteiger partial charge < -0.3 is 4.90 Å². The first-order chi connectivity index (χ1) is 23.1. The van der Waals surface area contributed by atoms with Gasteiger partial charge in [-0.3, -0.25) is 0 Å². The fourth-order valence-corrected chi connectivity index (χ4v) is 8.86. The van der Waals surface area contributed by atoms with Crippen LogP contribution in [0.25, 0.3) is 53.6 Å². The summed E-state index contributed by atoms with van der Waals surface area (Å²) >= 11 is 1.87. The monoisotopic (exact) mass is 619 g/mol. The Morgan fingerprint density at radius 2 is 0.979 bits per heavy atom. The van der Waals surface area contributed by atoms with Crippen molar-refractivity contribution in [2.75, 3.05) is 4.90 Å². The van der Waals surface area contributed by atoms with Crippen molar-refractivity contribution >= 4 is 48.6 Å². The smallest absolute Gasteiger partial charge is 0.0555 e. The first-order valence-corrected chi connectivity index (χ1v) is 17.1. The molecule has 1 aliphatic carbocycles. The largest absolute Gasteiger partial charge is 0.309 e. The average Bonchev–Trinajstić information content (AvgIpc) is 3.62. The second-order valence-electron chi connectivity index (χ2n) is 12.9. The van der Waals surface area contributed by atoms with Crippen LogP contribution in [0.1, 0.15) is 25.0 Å². The van der Waals surface area contributed by atoms with Crippen LogP contribution in [0.4, 0.5) is 17.1 Å². The van der Waals surface area contributed by atoms with Gasteiger partial charge in [0.05, 0.1) is 17.1 Å². The van der Waals surface area contributed by atoms with Gasteiger partial charge in [0.2, 0.25) is 0 Å². The van der Waals surface area contributed by atoms with E-state index in [1.165, 1.54) is 70.4 Å². The summed E-state index contributed by atoms with van der Waals surface area (Å²) in [6.07, 6.45) is 0. The molecule has 0 N–H and O–H groups in total. The van der Waals surface area contributed by atoms with Crippen LogP contribution < -0.4 is 4.90 Å². The average molecular weight is 620 g/mol. The zero-order valence-corrected chi connectivity index (χ0v) is 27.3. The van der Waals surface area contributed by atoms with Crippen molar-refractivity contribution in [2.45, 2.75) is 19.3 Å². The van der Waals surface area contributed by atoms with Crippen molar-refractivity contribution in [1.29, 1.82) is 0 Å². The summed E-state index contributed by atoms with van der Waals surface area (Å²) in [6, 6.07) is 60.0. The normalized spacial score (nSPS) is 13.1. The Hall–Kier alpha value is -5.44. The van der Waals surface area contributed by atoms with E-state index >= 15 is 0 Å². The van der Waals surface area contributed by atoms with Gasteiger partial charge in [0.1, 0.15) is 0 Å². The summed E-state index contributed by atoms with van der Waals surface area (Å²) in [5, 5.41) is 2.58. The fourth-order valence-electron chi connectivity index (χ4n) is 7.74. The lowest BCUT2D eigenvalue weighted by atomic mass is 9.82. The summed E-state index contributed by atoms with van der Waals surface area (Å²) in [7, 11) is 0. The van der Waals surface area contributed by atoms with Crippen molar-refractivity contribution in [3.63, 3.8) is 0 Å². The second-order valence-corrected chi connectivity index (χ2v) is 14.0. The van der Waals surface area contributed by atoms with Crippen molar-refractivity contribution in [3.05, 3.63) is 175 Å². The fraction of sp³-hybridized carbons (Fsp3) is 0.0667. The number of thiophene rings is 1. The van der Waals surface area contributed by atoms with Crippen molar-refractivity contribution in [2.24, 2.45) is 0 Å². The van der Waals surface area contributed by atoms with E-state index in [2.05, 4.69) is 183 Å². The van der Waals surface area contributed by atoms with Crippen molar-refractivity contribution in [1.82, 2.24) is 0 Å². The third-order valence-corrected chi connectivity index (χ3v) is 11.0. The number of para-hydroxylation sites is 2. The molecule has 0 fully saturated rings. The Kier molecular flexibility index (Phi) is 6.41. The van der Waals surface area contributed by atoms with Crippen molar-refractivity contribution in [3.8, 4) is 33.4 Å². The molecule has 0 radical (unpaired) electrons. The summed E-state index contributed by atoms with van der Waals surface area (Å²) in [6.45, 7) is 4.72. The SMILES string of the molecule is CC1(C)c2ccccc2-c2c(-c3ccccc3N(c3ccccc3-c3ccccc3)c3cccc4sc5ccccc5c34)cccc21. The van der Waals surface area contributed by atoms with Crippen LogP contribution in [0.5, 0.6) is 0 Å². The molecule has 0 unspecified atom stereocenters. The quantitative estimate of drug-likeness (QED) is 0.185. The summed E-state index contributed by atoms with van der Waals surface area (Å²) in [5.74, 6) is 0. The van der Waals surface area contributed by atoms with Crippen LogP contribution in [-0.4, -0.2) is 0 Å². The Morgan fingerprint density at radius 1 is 0.426 bits per heavy atom. The number of benzene rings is 7. The molecule has 9 rings (SSSR count). The minimum Gasteiger partial charge on any atom is -0.309 e. The van der Waals surface area contributed by atoms with Crippen LogP contribution >= 0.6 is 11.3 Å². The Balaban J connectivity index is 1.38. The standard InChI is InChI=1S/C45H33NS/c1-45(2)36-23-10-6-20-34(36)43-33(22-14-24-37(43)45)32-19-8-12-26-39(32)46(38-25-11-7-18-31(38)30-16-4-3-5-17-30)40-27-15-29-42-44(40)35-21-9-13-28-41(35)47-42/h3-29H,1-2H3. The van der Waals surface area contributed by atoms with Crippen LogP contribution in [0.15, 0.2) is 164 Å². The lowest BCUT2D eigenvalue weighted by molar-refractivity contribution is 0.660. The van der Waals surface area contributed by atoms with E-state index in [-0.39, 0.29) is 5.41 Å². The second kappa shape index (κ2) is 10.8. The molecule has 1 heterocycles. The molecule has 7 aromatic carbocycles. The molecule has 1 aliphatic rings. The Labute approximate surface area is 280 Å². The number of nitrogens with zero attached hydrogens (tertiary/aromatic N) is 1. The van der Waals surface area contributed by atoms with E-state index in [4.69, 9.17) is 0 Å². The highest BCUT2D eigenvalue weighted by Crippen LogP contribution is 2.55. The third kappa shape index (κ3) is 4.29. The molecular formula is C45H33NS. The number of hydrogen-bond donors (Lipinski definition) is 0. The molecule has 0 atom stereocenters. The summed E-state index contributed by atoms with van der Waals surface area (Å²) in [4.78, 5) is 2.52. The van der Waals surface area contributed by atoms with Gasteiger partial charge in [-0.15, -0.1) is 11.3 Å². The predicted molar refractivity (Wildman–Crippen MR) is 202 cm³/mol. The molecule has 0 amide bonds. The van der Waals surface area contributed by atoms with Gasteiger partial charge in [0.25, 0.3) is 0 Å². The number of hydrogen-bond acceptors (Lipinski definition) is 2. The third-order valence-electron chi connectivity index (χ3n) is 9.89. The molecule has 47 heavy (non-hydrogen) atoms. The zero-order valence-electron chi connectivity index (χ0n) is 26.4. The van der Waals surface area contributed by atoms with Gasteiger partial charge in [0.15, 0.2) is 0 Å². The van der Waals surface area contributed by atoms with Gasteiger partial charge in [-0.05, 0) is 63.7 Å². The number of fused-ring (bicyclic) bond motifs is 6. The highest BCUT2D eigenvalue weighted by Gasteiger charge is 2.37. The van der Waals surface area contributed by atoms with Crippen molar-refractivity contribution < 1.29 is 0 Å². The first kappa shape index (κ1) is 27.8. The molecule has 0 saturated heterocycles. The van der Waals surface area contributed by atoms with Gasteiger partial charge in [-0.1, -0.05) is 147 Å². The van der Waals surface area contributed by atoms with Crippen LogP contribution in [0, 0.1) is 0 Å². The van der Waals surface area contributed by atoms with Crippen LogP contribution in [-0.2, 0) is 5.41 Å². The molecule has 1 nitrogen and oxygen atoms in total. The number of rotatable bonds is 5. The lowest BCUT2D eigenvalue weighted by Gasteiger charge is -2.31. The van der Waals surface area contributed by atoms with Gasteiger partial charge in [-0.2, -0.15) is 0 Å². The Bertz CT molecular complexity index is 2450. The molecule has 224 valence electrons. The predicted octanol–water partition coefficient (Wildman–Crippen LogP) is 13.2. The lowest BCUT2D eigenvalue weighted by Crippen LogP contribution is -2.15. The topological polar surface area (TPSA) is 3.24 Å². The minimum absolute atomic E-state index is 0.0718. The summed E-state index contributed by atoms with van der Waals surface area (Å²) < 4.78 is 2.60. The van der Waals surface area contributed by atoms with Crippen LogP contribution in [0.3, 0.4) is 0 Å². The molecule has 0 spiro atoms. The molecule has 8 aromatic rings. The van der Waals surface area contributed by atoms with E-state index in [9.17, 15) is 0 Å². The first-order valence-electron chi connectivity index (χ1n) is 16.3. The molecular weight excluding hydrogens is 587 g/mol. The maximum Gasteiger partial charge on any atom is 0.0555 e.